The summed E-state index contributed by atoms with van der Waals surface area (Å²) < 4.78 is 11.0. The van der Waals surface area contributed by atoms with Crippen LogP contribution in [0.5, 0.6) is 11.5 Å². The van der Waals surface area contributed by atoms with Gasteiger partial charge in [-0.2, -0.15) is 0 Å². The number of aryl methyl sites for hydroxylation is 1. The van der Waals surface area contributed by atoms with Crippen molar-refractivity contribution in [3.63, 3.8) is 0 Å². The molecular formula is C21H23N3O6. The molecule has 1 heterocycles. The Hall–Kier alpha value is -3.62. The molecule has 2 aromatic rings. The van der Waals surface area contributed by atoms with Crippen LogP contribution in [0.1, 0.15) is 19.4 Å². The average molecular weight is 413 g/mol. The maximum atomic E-state index is 13.0. The number of non-ortho nitro benzene ring substituents is 1. The highest BCUT2D eigenvalue weighted by Gasteiger charge is 2.38. The van der Waals surface area contributed by atoms with E-state index in [0.717, 1.165) is 5.56 Å². The zero-order valence-electron chi connectivity index (χ0n) is 17.2. The van der Waals surface area contributed by atoms with Gasteiger partial charge in [-0.05, 0) is 36.6 Å². The van der Waals surface area contributed by atoms with Crippen molar-refractivity contribution in [3.8, 4) is 11.5 Å². The van der Waals surface area contributed by atoms with Gasteiger partial charge < -0.3 is 14.8 Å². The number of hydrogen-bond acceptors (Lipinski definition) is 6. The van der Waals surface area contributed by atoms with Gasteiger partial charge in [0, 0.05) is 12.1 Å². The Labute approximate surface area is 173 Å². The van der Waals surface area contributed by atoms with Gasteiger partial charge in [0.25, 0.3) is 11.6 Å². The maximum Gasteiger partial charge on any atom is 0.271 e. The predicted molar refractivity (Wildman–Crippen MR) is 111 cm³/mol. The first-order valence-electron chi connectivity index (χ1n) is 9.42. The largest absolute Gasteiger partial charge is 0.495 e. The topological polar surface area (TPSA) is 111 Å². The lowest BCUT2D eigenvalue weighted by atomic mass is 10.0. The molecule has 9 nitrogen and oxygen atoms in total. The number of carbonyl (C=O) groups is 2. The molecular weight excluding hydrogens is 390 g/mol. The molecule has 0 radical (unpaired) electrons. The first kappa shape index (κ1) is 21.1. The molecule has 0 fully saturated rings. The number of amides is 2. The second kappa shape index (κ2) is 8.40. The summed E-state index contributed by atoms with van der Waals surface area (Å²) in [4.78, 5) is 37.6. The van der Waals surface area contributed by atoms with Crippen LogP contribution in [0.2, 0.25) is 0 Å². The standard InChI is InChI=1S/C21H23N3O6/c1-12(2)20-21(26)23(16-10-14(24(27)28)6-8-18(16)30-20)11-19(25)22-15-9-13(3)5-7-17(15)29-4/h5-10,12,20H,11H2,1-4H3,(H,22,25). The molecule has 3 rings (SSSR count). The number of fused-ring (bicyclic) bond motifs is 1. The second-order valence-corrected chi connectivity index (χ2v) is 7.37. The molecule has 30 heavy (non-hydrogen) atoms. The summed E-state index contributed by atoms with van der Waals surface area (Å²) in [5, 5.41) is 13.9. The van der Waals surface area contributed by atoms with E-state index in [9.17, 15) is 19.7 Å². The van der Waals surface area contributed by atoms with Crippen LogP contribution < -0.4 is 19.7 Å². The minimum Gasteiger partial charge on any atom is -0.495 e. The molecule has 1 unspecified atom stereocenters. The van der Waals surface area contributed by atoms with E-state index in [1.54, 1.807) is 12.1 Å². The number of carbonyl (C=O) groups excluding carboxylic acids is 2. The first-order valence-corrected chi connectivity index (χ1v) is 9.42. The van der Waals surface area contributed by atoms with Crippen LogP contribution in [0, 0.1) is 23.0 Å². The molecule has 1 N–H and O–H groups in total. The molecule has 0 aromatic heterocycles. The molecule has 2 aromatic carbocycles. The van der Waals surface area contributed by atoms with Crippen LogP contribution in [0.3, 0.4) is 0 Å². The number of rotatable bonds is 6. The number of hydrogen-bond donors (Lipinski definition) is 1. The Morgan fingerprint density at radius 3 is 2.67 bits per heavy atom. The third-order valence-electron chi connectivity index (χ3n) is 4.74. The quantitative estimate of drug-likeness (QED) is 0.575. The van der Waals surface area contributed by atoms with Gasteiger partial charge in [-0.1, -0.05) is 19.9 Å². The van der Waals surface area contributed by atoms with Crippen LogP contribution in [0.15, 0.2) is 36.4 Å². The predicted octanol–water partition coefficient (Wildman–Crippen LogP) is 3.30. The number of ether oxygens (including phenoxy) is 2. The lowest BCUT2D eigenvalue weighted by Crippen LogP contribution is -2.50. The molecule has 1 atom stereocenters. The Bertz CT molecular complexity index is 1000. The number of nitrogens with zero attached hydrogens (tertiary/aromatic N) is 2. The third kappa shape index (κ3) is 4.19. The molecule has 0 saturated heterocycles. The van der Waals surface area contributed by atoms with Crippen molar-refractivity contribution in [3.05, 3.63) is 52.1 Å². The Kier molecular flexibility index (Phi) is 5.91. The van der Waals surface area contributed by atoms with Gasteiger partial charge in [0.15, 0.2) is 6.10 Å². The molecule has 9 heteroatoms. The molecule has 0 bridgehead atoms. The lowest BCUT2D eigenvalue weighted by molar-refractivity contribution is -0.384. The van der Waals surface area contributed by atoms with Gasteiger partial charge in [-0.15, -0.1) is 0 Å². The van der Waals surface area contributed by atoms with E-state index in [2.05, 4.69) is 5.32 Å². The van der Waals surface area contributed by atoms with E-state index in [1.807, 2.05) is 26.8 Å². The van der Waals surface area contributed by atoms with Crippen molar-refractivity contribution in [1.29, 1.82) is 0 Å². The van der Waals surface area contributed by atoms with Crippen molar-refractivity contribution in [2.24, 2.45) is 5.92 Å². The van der Waals surface area contributed by atoms with E-state index in [4.69, 9.17) is 9.47 Å². The molecule has 2 amide bonds. The average Bonchev–Trinajstić information content (AvgIpc) is 2.69. The maximum absolute atomic E-state index is 13.0. The number of methoxy groups -OCH3 is 1. The van der Waals surface area contributed by atoms with E-state index in [1.165, 1.54) is 30.2 Å². The summed E-state index contributed by atoms with van der Waals surface area (Å²) in [5.41, 5.74) is 1.40. The van der Waals surface area contributed by atoms with E-state index in [-0.39, 0.29) is 23.8 Å². The minimum atomic E-state index is -0.791. The highest BCUT2D eigenvalue weighted by molar-refractivity contribution is 6.06. The fourth-order valence-corrected chi connectivity index (χ4v) is 3.23. The zero-order valence-corrected chi connectivity index (χ0v) is 17.2. The van der Waals surface area contributed by atoms with Gasteiger partial charge in [0.1, 0.15) is 18.0 Å². The summed E-state index contributed by atoms with van der Waals surface area (Å²) in [6.45, 7) is 5.21. The minimum absolute atomic E-state index is 0.150. The molecule has 158 valence electrons. The summed E-state index contributed by atoms with van der Waals surface area (Å²) in [5.74, 6) is -0.236. The van der Waals surface area contributed by atoms with Gasteiger partial charge in [0.2, 0.25) is 5.91 Å². The number of nitro groups is 1. The first-order chi connectivity index (χ1) is 14.2. The monoisotopic (exact) mass is 413 g/mol. The molecule has 1 aliphatic heterocycles. The Morgan fingerprint density at radius 1 is 1.30 bits per heavy atom. The van der Waals surface area contributed by atoms with E-state index < -0.39 is 22.8 Å². The van der Waals surface area contributed by atoms with Gasteiger partial charge in [-0.25, -0.2) is 0 Å². The van der Waals surface area contributed by atoms with Crippen molar-refractivity contribution in [2.45, 2.75) is 26.9 Å². The Balaban J connectivity index is 1.92. The summed E-state index contributed by atoms with van der Waals surface area (Å²) >= 11 is 0. The van der Waals surface area contributed by atoms with Crippen molar-refractivity contribution < 1.29 is 24.0 Å². The molecule has 0 aliphatic carbocycles. The number of anilines is 2. The normalized spacial score (nSPS) is 15.4. The van der Waals surface area contributed by atoms with Crippen LogP contribution >= 0.6 is 0 Å². The van der Waals surface area contributed by atoms with Gasteiger partial charge in [-0.3, -0.25) is 24.6 Å². The molecule has 0 spiro atoms. The highest BCUT2D eigenvalue weighted by atomic mass is 16.6. The zero-order chi connectivity index (χ0) is 22.0. The van der Waals surface area contributed by atoms with Gasteiger partial charge in [0.05, 0.1) is 23.4 Å². The number of benzene rings is 2. The van der Waals surface area contributed by atoms with Crippen molar-refractivity contribution in [2.75, 3.05) is 23.9 Å². The van der Waals surface area contributed by atoms with Gasteiger partial charge >= 0.3 is 0 Å². The van der Waals surface area contributed by atoms with E-state index >= 15 is 0 Å². The third-order valence-corrected chi connectivity index (χ3v) is 4.74. The fourth-order valence-electron chi connectivity index (χ4n) is 3.23. The summed E-state index contributed by atoms with van der Waals surface area (Å²) in [6.07, 6.45) is -0.791. The molecule has 1 aliphatic rings. The van der Waals surface area contributed by atoms with Crippen LogP contribution in [0.25, 0.3) is 0 Å². The fraction of sp³-hybridized carbons (Fsp3) is 0.333. The molecule has 0 saturated carbocycles. The summed E-state index contributed by atoms with van der Waals surface area (Å²) in [7, 11) is 1.49. The van der Waals surface area contributed by atoms with Crippen molar-refractivity contribution in [1.82, 2.24) is 0 Å². The number of nitro benzene ring substituents is 1. The highest BCUT2D eigenvalue weighted by Crippen LogP contribution is 2.38. The lowest BCUT2D eigenvalue weighted by Gasteiger charge is -2.35. The smallest absolute Gasteiger partial charge is 0.271 e. The van der Waals surface area contributed by atoms with E-state index in [0.29, 0.717) is 17.2 Å². The SMILES string of the molecule is COc1ccc(C)cc1NC(=O)CN1C(=O)C(C(C)C)Oc2ccc([N+](=O)[O-])cc21. The van der Waals surface area contributed by atoms with Crippen LogP contribution in [-0.4, -0.2) is 36.5 Å². The van der Waals surface area contributed by atoms with Crippen LogP contribution in [0.4, 0.5) is 17.1 Å². The van der Waals surface area contributed by atoms with Crippen molar-refractivity contribution >= 4 is 28.9 Å². The summed E-state index contributed by atoms with van der Waals surface area (Å²) in [6, 6.07) is 9.34. The Morgan fingerprint density at radius 2 is 2.03 bits per heavy atom. The number of nitrogens with one attached hydrogen (secondary N) is 1. The second-order valence-electron chi connectivity index (χ2n) is 7.37. The van der Waals surface area contributed by atoms with Crippen LogP contribution in [-0.2, 0) is 9.59 Å².